The molecule has 192 valence electrons. The summed E-state index contributed by atoms with van der Waals surface area (Å²) in [6.07, 6.45) is 3.16. The highest BCUT2D eigenvalue weighted by Crippen LogP contribution is 2.40. The maximum Gasteiger partial charge on any atom is 0.326 e. The first-order valence-electron chi connectivity index (χ1n) is 11.2. The van der Waals surface area contributed by atoms with Gasteiger partial charge in [0.1, 0.15) is 13.2 Å². The number of hydrogen-bond donors (Lipinski definition) is 0. The van der Waals surface area contributed by atoms with Gasteiger partial charge >= 0.3 is 5.97 Å². The molecule has 0 saturated carbocycles. The lowest BCUT2D eigenvalue weighted by Crippen LogP contribution is -2.34. The number of amides is 2. The number of nitrogens with zero attached hydrogens (tertiary/aromatic N) is 1. The summed E-state index contributed by atoms with van der Waals surface area (Å²) in [5.41, 5.74) is 1.44. The van der Waals surface area contributed by atoms with Gasteiger partial charge in [-0.2, -0.15) is 0 Å². The summed E-state index contributed by atoms with van der Waals surface area (Å²) >= 11 is 16.3. The fraction of sp³-hybridized carbons (Fsp3) is 0.320. The monoisotopic (exact) mass is 615 g/mol. The van der Waals surface area contributed by atoms with Crippen molar-refractivity contribution in [2.45, 2.75) is 33.3 Å². The highest BCUT2D eigenvalue weighted by molar-refractivity contribution is 9.10. The summed E-state index contributed by atoms with van der Waals surface area (Å²) in [7, 11) is 0. The average molecular weight is 617 g/mol. The predicted molar refractivity (Wildman–Crippen MR) is 145 cm³/mol. The Labute approximate surface area is 232 Å². The van der Waals surface area contributed by atoms with Gasteiger partial charge in [-0.05, 0) is 82.5 Å². The van der Waals surface area contributed by atoms with E-state index >= 15 is 0 Å². The van der Waals surface area contributed by atoms with Gasteiger partial charge in [0.2, 0.25) is 0 Å². The van der Waals surface area contributed by atoms with Crippen LogP contribution in [0, 0.1) is 0 Å². The first kappa shape index (κ1) is 28.4. The quantitative estimate of drug-likeness (QED) is 0.151. The second-order valence-electron chi connectivity index (χ2n) is 7.64. The Morgan fingerprint density at radius 3 is 2.58 bits per heavy atom. The number of halogens is 3. The number of carbonyl (C=O) groups is 3. The van der Waals surface area contributed by atoms with Crippen LogP contribution in [-0.4, -0.2) is 41.8 Å². The summed E-state index contributed by atoms with van der Waals surface area (Å²) in [4.78, 5) is 38.2. The fourth-order valence-electron chi connectivity index (χ4n) is 3.15. The van der Waals surface area contributed by atoms with E-state index in [9.17, 15) is 14.4 Å². The number of benzene rings is 2. The van der Waals surface area contributed by atoms with Gasteiger partial charge in [0, 0.05) is 0 Å². The molecule has 2 aromatic carbocycles. The Morgan fingerprint density at radius 1 is 1.11 bits per heavy atom. The number of unbranched alkanes of at least 4 members (excludes halogenated alkanes) is 1. The Bertz CT molecular complexity index is 1190. The minimum absolute atomic E-state index is 0.195. The van der Waals surface area contributed by atoms with Crippen LogP contribution in [0.25, 0.3) is 6.08 Å². The van der Waals surface area contributed by atoms with E-state index in [0.717, 1.165) is 35.1 Å². The molecular formula is C25H24BrCl2NO6S. The van der Waals surface area contributed by atoms with Crippen LogP contribution in [0.15, 0.2) is 39.7 Å². The molecule has 0 aromatic heterocycles. The Kier molecular flexibility index (Phi) is 10.5. The largest absolute Gasteiger partial charge is 0.490 e. The molecule has 1 heterocycles. The summed E-state index contributed by atoms with van der Waals surface area (Å²) in [5, 5.41) is 0.364. The summed E-state index contributed by atoms with van der Waals surface area (Å²) in [6.45, 7) is 4.26. The molecular weight excluding hydrogens is 593 g/mol. The molecule has 7 nitrogen and oxygen atoms in total. The van der Waals surface area contributed by atoms with Crippen LogP contribution in [0.5, 0.6) is 11.5 Å². The maximum absolute atomic E-state index is 12.8. The number of thioether (sulfide) groups is 1. The van der Waals surface area contributed by atoms with E-state index in [1.807, 2.05) is 19.9 Å². The van der Waals surface area contributed by atoms with Crippen LogP contribution in [-0.2, 0) is 20.9 Å². The van der Waals surface area contributed by atoms with Crippen LogP contribution in [0.4, 0.5) is 4.79 Å². The highest BCUT2D eigenvalue weighted by atomic mass is 79.9. The average Bonchev–Trinajstić information content (AvgIpc) is 3.08. The smallest absolute Gasteiger partial charge is 0.326 e. The number of esters is 1. The van der Waals surface area contributed by atoms with E-state index in [-0.39, 0.29) is 18.1 Å². The Balaban J connectivity index is 1.77. The highest BCUT2D eigenvalue weighted by Gasteiger charge is 2.36. The molecule has 1 saturated heterocycles. The van der Waals surface area contributed by atoms with Crippen molar-refractivity contribution in [3.63, 3.8) is 0 Å². The van der Waals surface area contributed by atoms with Crippen molar-refractivity contribution in [3.05, 3.63) is 60.9 Å². The lowest BCUT2D eigenvalue weighted by Gasteiger charge is -2.15. The van der Waals surface area contributed by atoms with Gasteiger partial charge in [0.05, 0.1) is 32.6 Å². The first-order chi connectivity index (χ1) is 17.2. The molecule has 1 aliphatic rings. The van der Waals surface area contributed by atoms with E-state index in [0.29, 0.717) is 38.2 Å². The third kappa shape index (κ3) is 7.41. The van der Waals surface area contributed by atoms with E-state index in [4.69, 9.17) is 37.4 Å². The lowest BCUT2D eigenvalue weighted by molar-refractivity contribution is -0.146. The zero-order valence-corrected chi connectivity index (χ0v) is 23.6. The number of ether oxygens (including phenoxy) is 3. The van der Waals surface area contributed by atoms with E-state index in [2.05, 4.69) is 15.9 Å². The third-order valence-electron chi connectivity index (χ3n) is 4.92. The molecule has 0 bridgehead atoms. The summed E-state index contributed by atoms with van der Waals surface area (Å²) in [6, 6.07) is 8.70. The molecule has 0 radical (unpaired) electrons. The molecule has 0 unspecified atom stereocenters. The zero-order chi connectivity index (χ0) is 26.2. The molecule has 11 heteroatoms. The van der Waals surface area contributed by atoms with E-state index in [1.165, 1.54) is 0 Å². The predicted octanol–water partition coefficient (Wildman–Crippen LogP) is 7.11. The summed E-state index contributed by atoms with van der Waals surface area (Å²) in [5.74, 6) is -0.233. The standard InChI is InChI=1S/C25H24BrCl2NO6S/c1-3-5-8-34-22(30)13-29-24(31)21(36-25(29)32)12-16-9-17(26)23(20(11-16)33-4-2)35-14-15-6-7-18(27)19(28)10-15/h6-7,9-12H,3-5,8,13-14H2,1-2H3/b21-12+. The van der Waals surface area contributed by atoms with Crippen molar-refractivity contribution in [3.8, 4) is 11.5 Å². The van der Waals surface area contributed by atoms with Crippen LogP contribution < -0.4 is 9.47 Å². The van der Waals surface area contributed by atoms with Gasteiger partial charge in [-0.15, -0.1) is 0 Å². The minimum atomic E-state index is -0.614. The van der Waals surface area contributed by atoms with Crippen molar-refractivity contribution in [2.24, 2.45) is 0 Å². The fourth-order valence-corrected chi connectivity index (χ4v) is 4.89. The normalized spacial score (nSPS) is 14.5. The van der Waals surface area contributed by atoms with Gasteiger partial charge in [-0.25, -0.2) is 0 Å². The van der Waals surface area contributed by atoms with Crippen molar-refractivity contribution >= 4 is 74.1 Å². The molecule has 0 aliphatic carbocycles. The Hall–Kier alpha value is -2.20. The lowest BCUT2D eigenvalue weighted by atomic mass is 10.1. The Morgan fingerprint density at radius 2 is 1.89 bits per heavy atom. The third-order valence-corrected chi connectivity index (χ3v) is 7.15. The number of carbonyl (C=O) groups excluding carboxylic acids is 3. The van der Waals surface area contributed by atoms with Gasteiger partial charge in [0.15, 0.2) is 11.5 Å². The van der Waals surface area contributed by atoms with Crippen molar-refractivity contribution in [1.82, 2.24) is 4.90 Å². The second-order valence-corrected chi connectivity index (χ2v) is 10.3. The van der Waals surface area contributed by atoms with Gasteiger partial charge < -0.3 is 14.2 Å². The number of hydrogen-bond acceptors (Lipinski definition) is 7. The molecule has 0 spiro atoms. The van der Waals surface area contributed by atoms with Crippen LogP contribution >= 0.6 is 50.9 Å². The van der Waals surface area contributed by atoms with Crippen molar-refractivity contribution in [2.75, 3.05) is 19.8 Å². The van der Waals surface area contributed by atoms with Crippen LogP contribution in [0.2, 0.25) is 10.0 Å². The first-order valence-corrected chi connectivity index (χ1v) is 13.5. The number of rotatable bonds is 11. The van der Waals surface area contributed by atoms with Gasteiger partial charge in [0.25, 0.3) is 11.1 Å². The minimum Gasteiger partial charge on any atom is -0.490 e. The SMILES string of the molecule is CCCCOC(=O)CN1C(=O)S/C(=C/c2cc(Br)c(OCc3ccc(Cl)c(Cl)c3)c(OCC)c2)C1=O. The number of imide groups is 1. The zero-order valence-electron chi connectivity index (χ0n) is 19.6. The van der Waals surface area contributed by atoms with Crippen LogP contribution in [0.1, 0.15) is 37.8 Å². The molecule has 1 fully saturated rings. The van der Waals surface area contributed by atoms with Crippen molar-refractivity contribution < 1.29 is 28.6 Å². The topological polar surface area (TPSA) is 82.1 Å². The molecule has 2 aromatic rings. The molecule has 1 aliphatic heterocycles. The molecule has 2 amide bonds. The van der Waals surface area contributed by atoms with Gasteiger partial charge in [-0.1, -0.05) is 42.6 Å². The van der Waals surface area contributed by atoms with Crippen molar-refractivity contribution in [1.29, 1.82) is 0 Å². The second kappa shape index (κ2) is 13.4. The van der Waals surface area contributed by atoms with E-state index < -0.39 is 23.7 Å². The maximum atomic E-state index is 12.8. The van der Waals surface area contributed by atoms with Crippen LogP contribution in [0.3, 0.4) is 0 Å². The van der Waals surface area contributed by atoms with Gasteiger partial charge in [-0.3, -0.25) is 19.3 Å². The molecule has 36 heavy (non-hydrogen) atoms. The molecule has 3 rings (SSSR count). The van der Waals surface area contributed by atoms with E-state index in [1.54, 1.807) is 30.3 Å². The molecule has 0 atom stereocenters. The summed E-state index contributed by atoms with van der Waals surface area (Å²) < 4.78 is 17.4. The molecule has 0 N–H and O–H groups in total.